The molecule has 0 saturated carbocycles. The number of amides is 1. The van der Waals surface area contributed by atoms with Gasteiger partial charge in [0.1, 0.15) is 5.75 Å². The van der Waals surface area contributed by atoms with Crippen molar-refractivity contribution in [2.24, 2.45) is 4.99 Å². The number of nitrogens with zero attached hydrogens (tertiary/aromatic N) is 2. The molecule has 6 nitrogen and oxygen atoms in total. The first-order valence-electron chi connectivity index (χ1n) is 8.76. The molecule has 0 radical (unpaired) electrons. The van der Waals surface area contributed by atoms with Gasteiger partial charge in [-0.3, -0.25) is 9.79 Å². The molecule has 1 aromatic rings. The second-order valence-corrected chi connectivity index (χ2v) is 7.42. The van der Waals surface area contributed by atoms with Crippen molar-refractivity contribution >= 4 is 35.8 Å². The highest BCUT2D eigenvalue weighted by Crippen LogP contribution is 2.25. The quantitative estimate of drug-likeness (QED) is 0.390. The van der Waals surface area contributed by atoms with Gasteiger partial charge in [0, 0.05) is 32.6 Å². The molecule has 26 heavy (non-hydrogen) atoms. The second kappa shape index (κ2) is 9.99. The normalized spacial score (nSPS) is 13.3. The lowest BCUT2D eigenvalue weighted by atomic mass is 10.1. The maximum Gasteiger partial charge on any atom is 0.240 e. The third-order valence-electron chi connectivity index (χ3n) is 3.92. The van der Waals surface area contributed by atoms with E-state index in [1.54, 1.807) is 7.05 Å². The number of fused-ring (bicyclic) bond motifs is 1. The van der Waals surface area contributed by atoms with Crippen LogP contribution in [0.15, 0.2) is 23.2 Å². The number of hydrogen-bond donors (Lipinski definition) is 2. The number of carbonyl (C=O) groups excluding carboxylic acids is 1. The van der Waals surface area contributed by atoms with Gasteiger partial charge in [0.2, 0.25) is 5.91 Å². The Balaban J connectivity index is 0.00000338. The minimum atomic E-state index is -0.230. The van der Waals surface area contributed by atoms with E-state index in [2.05, 4.69) is 33.8 Å². The summed E-state index contributed by atoms with van der Waals surface area (Å²) in [6.07, 6.45) is 1.89. The largest absolute Gasteiger partial charge is 0.493 e. The van der Waals surface area contributed by atoms with Crippen molar-refractivity contribution < 1.29 is 9.53 Å². The van der Waals surface area contributed by atoms with Gasteiger partial charge in [-0.2, -0.15) is 0 Å². The molecule has 0 bridgehead atoms. The van der Waals surface area contributed by atoms with Gasteiger partial charge in [0.15, 0.2) is 5.96 Å². The predicted octanol–water partition coefficient (Wildman–Crippen LogP) is 2.20. The summed E-state index contributed by atoms with van der Waals surface area (Å²) < 4.78 is 5.54. The van der Waals surface area contributed by atoms with E-state index in [1.165, 1.54) is 11.1 Å². The molecule has 1 heterocycles. The van der Waals surface area contributed by atoms with Crippen molar-refractivity contribution in [3.05, 3.63) is 29.3 Å². The molecule has 146 valence electrons. The number of nitrogens with one attached hydrogen (secondary N) is 2. The summed E-state index contributed by atoms with van der Waals surface area (Å²) in [6.45, 7) is 7.73. The Labute approximate surface area is 173 Å². The lowest BCUT2D eigenvalue weighted by molar-refractivity contribution is -0.122. The molecule has 1 aromatic carbocycles. The van der Waals surface area contributed by atoms with E-state index in [4.69, 9.17) is 4.74 Å². The van der Waals surface area contributed by atoms with Crippen LogP contribution < -0.4 is 15.4 Å². The Kier molecular flexibility index (Phi) is 8.66. The van der Waals surface area contributed by atoms with Gasteiger partial charge >= 0.3 is 0 Å². The Hall–Kier alpha value is -1.51. The zero-order valence-corrected chi connectivity index (χ0v) is 18.7. The summed E-state index contributed by atoms with van der Waals surface area (Å²) in [5.74, 6) is 1.71. The molecular weight excluding hydrogens is 443 g/mol. The molecule has 2 N–H and O–H groups in total. The molecule has 0 atom stereocenters. The van der Waals surface area contributed by atoms with Crippen LogP contribution in [-0.2, 0) is 17.6 Å². The maximum absolute atomic E-state index is 12.0. The Morgan fingerprint density at radius 1 is 1.35 bits per heavy atom. The van der Waals surface area contributed by atoms with Crippen molar-refractivity contribution in [2.45, 2.75) is 39.2 Å². The van der Waals surface area contributed by atoms with Crippen LogP contribution in [0.1, 0.15) is 31.9 Å². The van der Waals surface area contributed by atoms with Gasteiger partial charge in [0.25, 0.3) is 0 Å². The first kappa shape index (κ1) is 22.5. The molecule has 7 heteroatoms. The second-order valence-electron chi connectivity index (χ2n) is 7.42. The average molecular weight is 474 g/mol. The van der Waals surface area contributed by atoms with E-state index in [-0.39, 0.29) is 42.0 Å². The van der Waals surface area contributed by atoms with E-state index in [9.17, 15) is 4.79 Å². The van der Waals surface area contributed by atoms with E-state index >= 15 is 0 Å². The Bertz CT molecular complexity index is 641. The molecule has 1 aliphatic heterocycles. The third kappa shape index (κ3) is 7.01. The van der Waals surface area contributed by atoms with E-state index in [0.717, 1.165) is 31.7 Å². The molecule has 2 rings (SSSR count). The number of aliphatic imine (C=N–C) groups is 1. The van der Waals surface area contributed by atoms with Gasteiger partial charge in [0.05, 0.1) is 13.2 Å². The van der Waals surface area contributed by atoms with Gasteiger partial charge in [-0.1, -0.05) is 12.1 Å². The number of rotatable bonds is 5. The van der Waals surface area contributed by atoms with Gasteiger partial charge in [-0.05, 0) is 44.4 Å². The molecule has 1 aliphatic rings. The molecule has 0 spiro atoms. The van der Waals surface area contributed by atoms with Crippen molar-refractivity contribution in [1.29, 1.82) is 0 Å². The molecular formula is C19H31IN4O2. The van der Waals surface area contributed by atoms with Crippen LogP contribution >= 0.6 is 24.0 Å². The summed E-state index contributed by atoms with van der Waals surface area (Å²) in [6, 6.07) is 6.37. The van der Waals surface area contributed by atoms with Crippen LogP contribution in [0.25, 0.3) is 0 Å². The monoisotopic (exact) mass is 474 g/mol. The van der Waals surface area contributed by atoms with Crippen LogP contribution in [0, 0.1) is 0 Å². The smallest absolute Gasteiger partial charge is 0.240 e. The molecule has 0 aliphatic carbocycles. The summed E-state index contributed by atoms with van der Waals surface area (Å²) in [7, 11) is 3.59. The first-order chi connectivity index (χ1) is 11.8. The lowest BCUT2D eigenvalue weighted by Gasteiger charge is -2.25. The van der Waals surface area contributed by atoms with Crippen LogP contribution in [0.2, 0.25) is 0 Å². The van der Waals surface area contributed by atoms with Crippen LogP contribution in [0.4, 0.5) is 0 Å². The predicted molar refractivity (Wildman–Crippen MR) is 117 cm³/mol. The number of guanidine groups is 1. The fourth-order valence-corrected chi connectivity index (χ4v) is 2.85. The van der Waals surface area contributed by atoms with Crippen LogP contribution in [0.3, 0.4) is 0 Å². The highest BCUT2D eigenvalue weighted by molar-refractivity contribution is 14.0. The van der Waals surface area contributed by atoms with E-state index < -0.39 is 0 Å². The average Bonchev–Trinajstić information content (AvgIpc) is 2.97. The number of hydrogen-bond acceptors (Lipinski definition) is 3. The molecule has 0 saturated heterocycles. The number of halogens is 1. The third-order valence-corrected chi connectivity index (χ3v) is 3.92. The van der Waals surface area contributed by atoms with Crippen molar-refractivity contribution in [1.82, 2.24) is 15.5 Å². The number of likely N-dealkylation sites (N-methyl/N-ethyl adjacent to an activating group) is 1. The number of benzene rings is 1. The molecule has 0 unspecified atom stereocenters. The van der Waals surface area contributed by atoms with Crippen LogP contribution in [0.5, 0.6) is 5.75 Å². The van der Waals surface area contributed by atoms with Gasteiger partial charge < -0.3 is 20.3 Å². The molecule has 0 aromatic heterocycles. The van der Waals surface area contributed by atoms with Crippen molar-refractivity contribution in [3.8, 4) is 5.75 Å². The van der Waals surface area contributed by atoms with E-state index in [0.29, 0.717) is 5.96 Å². The highest BCUT2D eigenvalue weighted by atomic mass is 127. The minimum absolute atomic E-state index is 0. The summed E-state index contributed by atoms with van der Waals surface area (Å²) in [5, 5.41) is 6.28. The zero-order chi connectivity index (χ0) is 18.4. The zero-order valence-electron chi connectivity index (χ0n) is 16.4. The van der Waals surface area contributed by atoms with Gasteiger partial charge in [-0.15, -0.1) is 24.0 Å². The van der Waals surface area contributed by atoms with Crippen molar-refractivity contribution in [3.63, 3.8) is 0 Å². The Morgan fingerprint density at radius 2 is 2.08 bits per heavy atom. The minimum Gasteiger partial charge on any atom is -0.493 e. The standard InChI is InChI=1S/C19H30N4O2.HI/c1-19(2,3)22-17(24)13-23(5)18(20-4)21-10-8-14-6-7-16-15(12-14)9-11-25-16;/h6-7,12H,8-11,13H2,1-5H3,(H,20,21)(H,22,24);1H. The lowest BCUT2D eigenvalue weighted by Crippen LogP contribution is -2.49. The SMILES string of the molecule is CN=C(NCCc1ccc2c(c1)CCO2)N(C)CC(=O)NC(C)(C)C.I. The maximum atomic E-state index is 12.0. The summed E-state index contributed by atoms with van der Waals surface area (Å²) in [5.41, 5.74) is 2.34. The van der Waals surface area contributed by atoms with E-state index in [1.807, 2.05) is 32.7 Å². The fourth-order valence-electron chi connectivity index (χ4n) is 2.85. The summed E-state index contributed by atoms with van der Waals surface area (Å²) >= 11 is 0. The van der Waals surface area contributed by atoms with Crippen molar-refractivity contribution in [2.75, 3.05) is 33.8 Å². The number of carbonyl (C=O) groups is 1. The first-order valence-corrected chi connectivity index (χ1v) is 8.76. The fraction of sp³-hybridized carbons (Fsp3) is 0.579. The molecule has 0 fully saturated rings. The summed E-state index contributed by atoms with van der Waals surface area (Å²) in [4.78, 5) is 18.1. The Morgan fingerprint density at radius 3 is 2.73 bits per heavy atom. The molecule has 1 amide bonds. The van der Waals surface area contributed by atoms with Gasteiger partial charge in [-0.25, -0.2) is 0 Å². The topological polar surface area (TPSA) is 66.0 Å². The highest BCUT2D eigenvalue weighted by Gasteiger charge is 2.17. The van der Waals surface area contributed by atoms with Crippen LogP contribution in [-0.4, -0.2) is 56.1 Å². The number of ether oxygens (including phenoxy) is 1.